The Bertz CT molecular complexity index is 1030. The lowest BCUT2D eigenvalue weighted by Gasteiger charge is -2.30. The fourth-order valence-corrected chi connectivity index (χ4v) is 3.99. The maximum Gasteiger partial charge on any atom is 0.323 e. The number of aromatic amines is 1. The Morgan fingerprint density at radius 3 is 2.72 bits per heavy atom. The van der Waals surface area contributed by atoms with Crippen LogP contribution in [0.3, 0.4) is 0 Å². The Morgan fingerprint density at radius 2 is 1.97 bits per heavy atom. The summed E-state index contributed by atoms with van der Waals surface area (Å²) >= 11 is 0. The molecule has 0 radical (unpaired) electrons. The molecule has 6 nitrogen and oxygen atoms in total. The molecule has 29 heavy (non-hydrogen) atoms. The van der Waals surface area contributed by atoms with Gasteiger partial charge in [0, 0.05) is 23.0 Å². The van der Waals surface area contributed by atoms with Gasteiger partial charge in [0.25, 0.3) is 0 Å². The zero-order valence-corrected chi connectivity index (χ0v) is 17.0. The zero-order chi connectivity index (χ0) is 20.4. The molecule has 1 aromatic heterocycles. The predicted octanol–water partition coefficient (Wildman–Crippen LogP) is 3.74. The van der Waals surface area contributed by atoms with Gasteiger partial charge >= 0.3 is 5.97 Å². The molecule has 0 amide bonds. The molecule has 6 heteroatoms. The molecule has 2 N–H and O–H groups in total. The van der Waals surface area contributed by atoms with E-state index in [1.807, 2.05) is 30.3 Å². The smallest absolute Gasteiger partial charge is 0.323 e. The summed E-state index contributed by atoms with van der Waals surface area (Å²) in [6, 6.07) is 13.5. The van der Waals surface area contributed by atoms with Crippen molar-refractivity contribution in [1.29, 1.82) is 0 Å². The van der Waals surface area contributed by atoms with E-state index in [4.69, 9.17) is 14.2 Å². The van der Waals surface area contributed by atoms with Crippen LogP contribution in [0.2, 0.25) is 0 Å². The molecule has 0 unspecified atom stereocenters. The van der Waals surface area contributed by atoms with Crippen LogP contribution >= 0.6 is 0 Å². The molecular formula is C23H26N2O4. The van der Waals surface area contributed by atoms with Crippen LogP contribution in [0.1, 0.15) is 36.2 Å². The number of ether oxygens (including phenoxy) is 3. The summed E-state index contributed by atoms with van der Waals surface area (Å²) in [5, 5.41) is 4.59. The molecule has 3 aromatic rings. The van der Waals surface area contributed by atoms with E-state index in [9.17, 15) is 4.79 Å². The zero-order valence-electron chi connectivity index (χ0n) is 17.0. The summed E-state index contributed by atoms with van der Waals surface area (Å²) in [5.41, 5.74) is 4.26. The molecule has 0 spiro atoms. The maximum absolute atomic E-state index is 12.4. The van der Waals surface area contributed by atoms with Crippen molar-refractivity contribution in [1.82, 2.24) is 10.3 Å². The highest BCUT2D eigenvalue weighted by Crippen LogP contribution is 2.38. The number of nitrogens with one attached hydrogen (secondary N) is 2. The second-order valence-electron chi connectivity index (χ2n) is 7.20. The quantitative estimate of drug-likeness (QED) is 0.623. The summed E-state index contributed by atoms with van der Waals surface area (Å²) in [6.45, 7) is 2.70. The van der Waals surface area contributed by atoms with Crippen LogP contribution in [0.5, 0.6) is 11.5 Å². The van der Waals surface area contributed by atoms with Crippen molar-refractivity contribution in [2.75, 3.05) is 20.8 Å². The third-order valence-corrected chi connectivity index (χ3v) is 5.38. The van der Waals surface area contributed by atoms with Crippen molar-refractivity contribution in [2.24, 2.45) is 0 Å². The molecule has 0 saturated carbocycles. The number of H-pyrrole nitrogens is 1. The van der Waals surface area contributed by atoms with Crippen LogP contribution in [-0.2, 0) is 16.0 Å². The van der Waals surface area contributed by atoms with E-state index in [2.05, 4.69) is 29.4 Å². The maximum atomic E-state index is 12.4. The van der Waals surface area contributed by atoms with Gasteiger partial charge in [0.15, 0.2) is 11.5 Å². The van der Waals surface area contributed by atoms with Crippen LogP contribution in [0.15, 0.2) is 42.5 Å². The van der Waals surface area contributed by atoms with Crippen LogP contribution in [0.25, 0.3) is 10.9 Å². The molecule has 2 atom stereocenters. The van der Waals surface area contributed by atoms with E-state index in [1.54, 1.807) is 7.11 Å². The Balaban J connectivity index is 1.79. The second kappa shape index (κ2) is 8.17. The molecule has 152 valence electrons. The van der Waals surface area contributed by atoms with Crippen molar-refractivity contribution < 1.29 is 19.0 Å². The van der Waals surface area contributed by atoms with Crippen LogP contribution in [0, 0.1) is 0 Å². The minimum Gasteiger partial charge on any atom is -0.493 e. The number of para-hydroxylation sites is 1. The molecule has 0 saturated heterocycles. The van der Waals surface area contributed by atoms with Crippen molar-refractivity contribution in [3.05, 3.63) is 59.3 Å². The number of hydrogen-bond donors (Lipinski definition) is 2. The van der Waals surface area contributed by atoms with Crippen LogP contribution < -0.4 is 14.8 Å². The molecular weight excluding hydrogens is 368 g/mol. The molecule has 4 rings (SSSR count). The van der Waals surface area contributed by atoms with Gasteiger partial charge in [-0.15, -0.1) is 0 Å². The van der Waals surface area contributed by atoms with Gasteiger partial charge in [-0.25, -0.2) is 0 Å². The highest BCUT2D eigenvalue weighted by atomic mass is 16.5. The van der Waals surface area contributed by atoms with Gasteiger partial charge in [-0.3, -0.25) is 10.1 Å². The molecule has 2 aromatic carbocycles. The second-order valence-corrected chi connectivity index (χ2v) is 7.20. The van der Waals surface area contributed by atoms with Gasteiger partial charge in [-0.1, -0.05) is 31.2 Å². The third kappa shape index (κ3) is 3.56. The van der Waals surface area contributed by atoms with E-state index in [1.165, 1.54) is 7.11 Å². The lowest BCUT2D eigenvalue weighted by Crippen LogP contribution is -2.45. The fourth-order valence-electron chi connectivity index (χ4n) is 3.99. The lowest BCUT2D eigenvalue weighted by molar-refractivity contribution is -0.143. The van der Waals surface area contributed by atoms with E-state index in [0.717, 1.165) is 39.9 Å². The first-order valence-electron chi connectivity index (χ1n) is 9.90. The molecule has 2 heterocycles. The number of benzene rings is 2. The van der Waals surface area contributed by atoms with Gasteiger partial charge in [0.2, 0.25) is 0 Å². The average molecular weight is 394 g/mol. The molecule has 1 aliphatic heterocycles. The number of fused-ring (bicyclic) bond motifs is 3. The van der Waals surface area contributed by atoms with E-state index in [0.29, 0.717) is 18.8 Å². The first kappa shape index (κ1) is 19.3. The summed E-state index contributed by atoms with van der Waals surface area (Å²) in [5.74, 6) is 1.13. The molecule has 0 bridgehead atoms. The normalized spacial score (nSPS) is 18.3. The SMILES string of the molecule is CCCOc1ccc([C@@H]2N[C@H](C(=O)OC)Cc3c2[nH]c2ccccc32)cc1OC. The first-order valence-corrected chi connectivity index (χ1v) is 9.90. The van der Waals surface area contributed by atoms with Gasteiger partial charge in [0.05, 0.1) is 26.9 Å². The van der Waals surface area contributed by atoms with Gasteiger partial charge in [0.1, 0.15) is 6.04 Å². The average Bonchev–Trinajstić information content (AvgIpc) is 3.15. The predicted molar refractivity (Wildman–Crippen MR) is 112 cm³/mol. The van der Waals surface area contributed by atoms with Crippen molar-refractivity contribution in [3.63, 3.8) is 0 Å². The van der Waals surface area contributed by atoms with Crippen molar-refractivity contribution in [2.45, 2.75) is 31.8 Å². The van der Waals surface area contributed by atoms with E-state index >= 15 is 0 Å². The van der Waals surface area contributed by atoms with Gasteiger partial charge < -0.3 is 19.2 Å². The van der Waals surface area contributed by atoms with Crippen molar-refractivity contribution in [3.8, 4) is 11.5 Å². The monoisotopic (exact) mass is 394 g/mol. The number of aromatic nitrogens is 1. The lowest BCUT2D eigenvalue weighted by atomic mass is 9.90. The number of rotatable bonds is 6. The summed E-state index contributed by atoms with van der Waals surface area (Å²) < 4.78 is 16.4. The number of methoxy groups -OCH3 is 2. The molecule has 0 fully saturated rings. The minimum absolute atomic E-state index is 0.190. The Hall–Kier alpha value is -2.99. The Kier molecular flexibility index (Phi) is 5.45. The number of hydrogen-bond acceptors (Lipinski definition) is 5. The first-order chi connectivity index (χ1) is 14.2. The Labute approximate surface area is 170 Å². The standard InChI is InChI=1S/C23H26N2O4/c1-4-11-29-19-10-9-14(12-20(19)27-2)21-22-16(13-18(25-21)23(26)28-3)15-7-5-6-8-17(15)24-22/h5-10,12,18,21,24-25H,4,11,13H2,1-3H3/t18-,21-/m0/s1. The highest BCUT2D eigenvalue weighted by molar-refractivity contribution is 5.87. The number of carbonyl (C=O) groups excluding carboxylic acids is 1. The van der Waals surface area contributed by atoms with Crippen LogP contribution in [0.4, 0.5) is 0 Å². The fraction of sp³-hybridized carbons (Fsp3) is 0.348. The largest absolute Gasteiger partial charge is 0.493 e. The summed E-state index contributed by atoms with van der Waals surface area (Å²) in [4.78, 5) is 15.9. The summed E-state index contributed by atoms with van der Waals surface area (Å²) in [6.07, 6.45) is 1.51. The van der Waals surface area contributed by atoms with Gasteiger partial charge in [-0.05, 0) is 35.7 Å². The Morgan fingerprint density at radius 1 is 1.14 bits per heavy atom. The minimum atomic E-state index is -0.418. The van der Waals surface area contributed by atoms with Crippen molar-refractivity contribution >= 4 is 16.9 Å². The molecule has 1 aliphatic rings. The summed E-state index contributed by atoms with van der Waals surface area (Å²) in [7, 11) is 3.06. The third-order valence-electron chi connectivity index (χ3n) is 5.38. The van der Waals surface area contributed by atoms with Gasteiger partial charge in [-0.2, -0.15) is 0 Å². The number of carbonyl (C=O) groups is 1. The van der Waals surface area contributed by atoms with Crippen LogP contribution in [-0.4, -0.2) is 37.8 Å². The highest BCUT2D eigenvalue weighted by Gasteiger charge is 2.34. The van der Waals surface area contributed by atoms with E-state index in [-0.39, 0.29) is 12.0 Å². The topological polar surface area (TPSA) is 72.6 Å². The number of esters is 1. The van der Waals surface area contributed by atoms with E-state index < -0.39 is 6.04 Å². The molecule has 0 aliphatic carbocycles.